The van der Waals surface area contributed by atoms with Crippen molar-refractivity contribution in [3.63, 3.8) is 0 Å². The van der Waals surface area contributed by atoms with Crippen LogP contribution >= 0.6 is 27.5 Å². The first-order valence-electron chi connectivity index (χ1n) is 11.6. The van der Waals surface area contributed by atoms with Gasteiger partial charge < -0.3 is 10.2 Å². The van der Waals surface area contributed by atoms with E-state index in [1.54, 1.807) is 36.1 Å². The molecule has 192 valence electrons. The molecule has 0 saturated carbocycles. The van der Waals surface area contributed by atoms with Crippen LogP contribution in [-0.2, 0) is 26.2 Å². The van der Waals surface area contributed by atoms with Gasteiger partial charge in [0.25, 0.3) is 0 Å². The number of nitrogens with zero attached hydrogens (tertiary/aromatic N) is 2. The van der Waals surface area contributed by atoms with Gasteiger partial charge in [-0.2, -0.15) is 0 Å². The third-order valence-corrected chi connectivity index (χ3v) is 7.50. The normalized spacial score (nSPS) is 12.1. The number of anilines is 1. The van der Waals surface area contributed by atoms with Crippen molar-refractivity contribution >= 4 is 55.1 Å². The summed E-state index contributed by atoms with van der Waals surface area (Å²) < 4.78 is 26.9. The van der Waals surface area contributed by atoms with Crippen LogP contribution < -0.4 is 9.62 Å². The van der Waals surface area contributed by atoms with Crippen molar-refractivity contribution in [3.05, 3.63) is 63.6 Å². The summed E-state index contributed by atoms with van der Waals surface area (Å²) in [5.74, 6) is -0.418. The van der Waals surface area contributed by atoms with Crippen molar-refractivity contribution in [2.75, 3.05) is 23.7 Å². The Balaban J connectivity index is 2.12. The molecular formula is C25H33BrClN3O4S. The van der Waals surface area contributed by atoms with Crippen molar-refractivity contribution in [1.29, 1.82) is 0 Å². The lowest BCUT2D eigenvalue weighted by Gasteiger charge is -2.29. The van der Waals surface area contributed by atoms with Crippen molar-refractivity contribution < 1.29 is 18.0 Å². The molecule has 0 fully saturated rings. The number of sulfonamides is 1. The molecule has 10 heteroatoms. The third kappa shape index (κ3) is 9.46. The lowest BCUT2D eigenvalue weighted by molar-refractivity contribution is -0.140. The Morgan fingerprint density at radius 1 is 1.06 bits per heavy atom. The average Bonchev–Trinajstić information content (AvgIpc) is 2.81. The van der Waals surface area contributed by atoms with Gasteiger partial charge in [-0.25, -0.2) is 8.42 Å². The van der Waals surface area contributed by atoms with Crippen LogP contribution in [0.15, 0.2) is 53.0 Å². The van der Waals surface area contributed by atoms with E-state index in [9.17, 15) is 18.0 Å². The van der Waals surface area contributed by atoms with E-state index in [0.29, 0.717) is 23.7 Å². The predicted octanol–water partition coefficient (Wildman–Crippen LogP) is 4.98. The molecule has 2 aromatic rings. The molecule has 0 aliphatic heterocycles. The third-order valence-electron chi connectivity index (χ3n) is 5.53. The fourth-order valence-corrected chi connectivity index (χ4v) is 4.87. The molecule has 0 aliphatic carbocycles. The number of nitrogens with one attached hydrogen (secondary N) is 1. The minimum Gasteiger partial charge on any atom is -0.354 e. The number of hydrogen-bond donors (Lipinski definition) is 1. The average molecular weight is 587 g/mol. The lowest BCUT2D eigenvalue weighted by Crippen LogP contribution is -2.47. The second kappa shape index (κ2) is 13.8. The molecular weight excluding hydrogens is 554 g/mol. The van der Waals surface area contributed by atoms with Crippen LogP contribution in [0.25, 0.3) is 0 Å². The van der Waals surface area contributed by atoms with Crippen LogP contribution in [0, 0.1) is 0 Å². The maximum atomic E-state index is 13.3. The van der Waals surface area contributed by atoms with E-state index in [2.05, 4.69) is 21.2 Å². The predicted molar refractivity (Wildman–Crippen MR) is 145 cm³/mol. The summed E-state index contributed by atoms with van der Waals surface area (Å²) in [7, 11) is -3.55. The Labute approximate surface area is 222 Å². The Morgan fingerprint density at radius 3 is 2.26 bits per heavy atom. The van der Waals surface area contributed by atoms with Gasteiger partial charge in [0.05, 0.1) is 11.9 Å². The van der Waals surface area contributed by atoms with Gasteiger partial charge in [-0.05, 0) is 61.7 Å². The lowest BCUT2D eigenvalue weighted by atomic mass is 10.1. The second-order valence-electron chi connectivity index (χ2n) is 8.38. The number of carbonyl (C=O) groups is 2. The van der Waals surface area contributed by atoms with Crippen molar-refractivity contribution in [1.82, 2.24) is 10.2 Å². The van der Waals surface area contributed by atoms with Gasteiger partial charge in [0.15, 0.2) is 0 Å². The van der Waals surface area contributed by atoms with Crippen LogP contribution in [-0.4, -0.2) is 50.5 Å². The minimum atomic E-state index is -3.55. The van der Waals surface area contributed by atoms with Crippen molar-refractivity contribution in [3.8, 4) is 0 Å². The number of unbranched alkanes of at least 4 members (excludes halogenated alkanes) is 1. The topological polar surface area (TPSA) is 86.8 Å². The van der Waals surface area contributed by atoms with Crippen LogP contribution in [0.2, 0.25) is 5.02 Å². The Kier molecular flexibility index (Phi) is 11.5. The monoisotopic (exact) mass is 585 g/mol. The number of carbonyl (C=O) groups excluding carboxylic acids is 2. The number of hydrogen-bond acceptors (Lipinski definition) is 4. The van der Waals surface area contributed by atoms with E-state index >= 15 is 0 Å². The summed E-state index contributed by atoms with van der Waals surface area (Å²) in [5, 5.41) is 3.40. The van der Waals surface area contributed by atoms with E-state index in [0.717, 1.165) is 29.1 Å². The Hall–Kier alpha value is -2.10. The number of benzene rings is 2. The van der Waals surface area contributed by atoms with Gasteiger partial charge in [-0.3, -0.25) is 13.9 Å². The summed E-state index contributed by atoms with van der Waals surface area (Å²) in [5.41, 5.74) is 1.38. The summed E-state index contributed by atoms with van der Waals surface area (Å²) in [6, 6.07) is 13.4. The minimum absolute atomic E-state index is 0.0999. The first-order valence-corrected chi connectivity index (χ1v) is 14.6. The molecule has 7 nitrogen and oxygen atoms in total. The van der Waals surface area contributed by atoms with Gasteiger partial charge in [-0.15, -0.1) is 0 Å². The van der Waals surface area contributed by atoms with Gasteiger partial charge in [0.2, 0.25) is 21.8 Å². The van der Waals surface area contributed by atoms with E-state index in [1.165, 1.54) is 4.31 Å². The zero-order valence-electron chi connectivity index (χ0n) is 20.3. The summed E-state index contributed by atoms with van der Waals surface area (Å²) >= 11 is 9.34. The van der Waals surface area contributed by atoms with Gasteiger partial charge in [0, 0.05) is 35.6 Å². The first kappa shape index (κ1) is 29.1. The maximum absolute atomic E-state index is 13.3. The molecule has 0 bridgehead atoms. The maximum Gasteiger partial charge on any atom is 0.242 e. The smallest absolute Gasteiger partial charge is 0.242 e. The summed E-state index contributed by atoms with van der Waals surface area (Å²) in [4.78, 5) is 27.5. The molecule has 0 aromatic heterocycles. The van der Waals surface area contributed by atoms with Crippen LogP contribution in [0.4, 0.5) is 5.69 Å². The Morgan fingerprint density at radius 2 is 1.69 bits per heavy atom. The molecule has 2 aromatic carbocycles. The molecule has 0 saturated heterocycles. The Bertz CT molecular complexity index is 1080. The first-order chi connectivity index (χ1) is 16.5. The fraction of sp³-hybridized carbons (Fsp3) is 0.440. The number of rotatable bonds is 13. The van der Waals surface area contributed by atoms with Crippen LogP contribution in [0.5, 0.6) is 0 Å². The highest BCUT2D eigenvalue weighted by Gasteiger charge is 2.26. The summed E-state index contributed by atoms with van der Waals surface area (Å²) in [6.45, 7) is 4.73. The van der Waals surface area contributed by atoms with Crippen LogP contribution in [0.3, 0.4) is 0 Å². The fourth-order valence-electron chi connectivity index (χ4n) is 3.52. The number of halogens is 2. The zero-order chi connectivity index (χ0) is 26.0. The highest BCUT2D eigenvalue weighted by atomic mass is 79.9. The molecule has 2 rings (SSSR count). The van der Waals surface area contributed by atoms with Crippen molar-refractivity contribution in [2.24, 2.45) is 0 Å². The number of amides is 2. The molecule has 2 amide bonds. The zero-order valence-corrected chi connectivity index (χ0v) is 23.5. The summed E-state index contributed by atoms with van der Waals surface area (Å²) in [6.07, 6.45) is 3.36. The molecule has 0 aliphatic rings. The standard InChI is InChI=1S/C25H33BrClN3O4S/c1-4-5-16-28-25(32)19(2)29(18-20-8-10-21(26)11-9-20)24(31)7-6-17-30(35(3,33)34)23-14-12-22(27)13-15-23/h8-15,19H,4-7,16-18H2,1-3H3,(H,28,32)/t19-/m1/s1. The van der Waals surface area contributed by atoms with Gasteiger partial charge in [0.1, 0.15) is 6.04 Å². The van der Waals surface area contributed by atoms with E-state index in [1.807, 2.05) is 31.2 Å². The molecule has 0 heterocycles. The van der Waals surface area contributed by atoms with Crippen LogP contribution in [0.1, 0.15) is 45.1 Å². The van der Waals surface area contributed by atoms with Gasteiger partial charge >= 0.3 is 0 Å². The molecule has 0 unspecified atom stereocenters. The largest absolute Gasteiger partial charge is 0.354 e. The van der Waals surface area contributed by atoms with Gasteiger partial charge in [-0.1, -0.05) is 53.0 Å². The van der Waals surface area contributed by atoms with E-state index < -0.39 is 16.1 Å². The quantitative estimate of drug-likeness (QED) is 0.335. The second-order valence-corrected chi connectivity index (χ2v) is 11.6. The molecule has 35 heavy (non-hydrogen) atoms. The van der Waals surface area contributed by atoms with E-state index in [4.69, 9.17) is 11.6 Å². The highest BCUT2D eigenvalue weighted by Crippen LogP contribution is 2.21. The highest BCUT2D eigenvalue weighted by molar-refractivity contribution is 9.10. The molecule has 0 spiro atoms. The molecule has 1 atom stereocenters. The van der Waals surface area contributed by atoms with Crippen molar-refractivity contribution in [2.45, 2.75) is 52.1 Å². The SMILES string of the molecule is CCCCNC(=O)[C@@H](C)N(Cc1ccc(Br)cc1)C(=O)CCCN(c1ccc(Cl)cc1)S(C)(=O)=O. The molecule has 0 radical (unpaired) electrons. The molecule has 1 N–H and O–H groups in total. The van der Waals surface area contributed by atoms with E-state index in [-0.39, 0.29) is 31.3 Å².